The van der Waals surface area contributed by atoms with Crippen molar-refractivity contribution in [1.82, 2.24) is 0 Å². The van der Waals surface area contributed by atoms with E-state index in [4.69, 9.17) is 0 Å². The van der Waals surface area contributed by atoms with Gasteiger partial charge in [-0.05, 0) is 0 Å². The zero-order chi connectivity index (χ0) is 7.07. The second kappa shape index (κ2) is 1.90. The first-order valence-corrected chi connectivity index (χ1v) is 4.23. The molecular weight excluding hydrogens is 150 g/mol. The zero-order valence-electron chi connectivity index (χ0n) is 4.55. The smallest absolute Gasteiger partial charge is 0.203 e. The molecule has 1 aliphatic rings. The number of hydrogen-bond donors (Lipinski definition) is 0. The predicted octanol–water partition coefficient (Wildman–Crippen LogP) is 0.439. The van der Waals surface area contributed by atoms with Gasteiger partial charge in [-0.25, -0.2) is 17.2 Å². The molecule has 0 amide bonds. The average molecular weight is 156 g/mol. The Hall–Kier alpha value is -0.190. The van der Waals surface area contributed by atoms with Crippen LogP contribution in [-0.4, -0.2) is 25.8 Å². The van der Waals surface area contributed by atoms with Gasteiger partial charge in [0, 0.05) is 6.42 Å². The fourth-order valence-electron chi connectivity index (χ4n) is 0.772. The van der Waals surface area contributed by atoms with Crippen molar-refractivity contribution in [2.24, 2.45) is 0 Å². The van der Waals surface area contributed by atoms with E-state index in [2.05, 4.69) is 0 Å². The highest BCUT2D eigenvalue weighted by Crippen LogP contribution is 2.23. The fraction of sp³-hybridized carbons (Fsp3) is 1.00. The largest absolute Gasteiger partial charge is 0.246 e. The molecule has 1 saturated heterocycles. The van der Waals surface area contributed by atoms with Crippen molar-refractivity contribution in [3.05, 3.63) is 0 Å². The molecule has 54 valence electrons. The molecule has 2 nitrogen and oxygen atoms in total. The summed E-state index contributed by atoms with van der Waals surface area (Å²) >= 11 is 0. The van der Waals surface area contributed by atoms with Gasteiger partial charge >= 0.3 is 0 Å². The molecule has 0 aromatic heterocycles. The quantitative estimate of drug-likeness (QED) is 0.510. The monoisotopic (exact) mass is 156 g/mol. The molecule has 0 aliphatic carbocycles. The summed E-state index contributed by atoms with van der Waals surface area (Å²) in [4.78, 5) is 0. The predicted molar refractivity (Wildman–Crippen MR) is 28.2 cm³/mol. The third kappa shape index (κ3) is 1.20. The lowest BCUT2D eigenvalue weighted by Gasteiger charge is -1.91. The third-order valence-electron chi connectivity index (χ3n) is 1.24. The Balaban J connectivity index is 2.83. The van der Waals surface area contributed by atoms with E-state index < -0.39 is 33.7 Å². The molecule has 0 radical (unpaired) electrons. The standard InChI is InChI=1S/C4H6F2O2S/c5-3-1-4(6)9(7,8)2-3/h3-4H,1-2H2. The highest BCUT2D eigenvalue weighted by Gasteiger charge is 2.38. The van der Waals surface area contributed by atoms with E-state index in [9.17, 15) is 17.2 Å². The minimum Gasteiger partial charge on any atom is -0.246 e. The maximum atomic E-state index is 12.1. The first-order chi connectivity index (χ1) is 4.02. The minimum absolute atomic E-state index is 0.484. The lowest BCUT2D eigenvalue weighted by molar-refractivity contribution is 0.310. The summed E-state index contributed by atoms with van der Waals surface area (Å²) in [6, 6.07) is 0. The molecular formula is C4H6F2O2S. The molecule has 1 fully saturated rings. The molecule has 2 unspecified atom stereocenters. The number of rotatable bonds is 0. The van der Waals surface area contributed by atoms with Crippen LogP contribution in [-0.2, 0) is 9.84 Å². The zero-order valence-corrected chi connectivity index (χ0v) is 5.37. The van der Waals surface area contributed by atoms with Crippen LogP contribution in [0.15, 0.2) is 0 Å². The maximum absolute atomic E-state index is 12.1. The Kier molecular flexibility index (Phi) is 1.46. The molecule has 0 aromatic carbocycles. The van der Waals surface area contributed by atoms with Crippen molar-refractivity contribution in [3.8, 4) is 0 Å². The third-order valence-corrected chi connectivity index (χ3v) is 3.04. The van der Waals surface area contributed by atoms with Crippen LogP contribution in [0.25, 0.3) is 0 Å². The van der Waals surface area contributed by atoms with Crippen LogP contribution < -0.4 is 0 Å². The van der Waals surface area contributed by atoms with Crippen molar-refractivity contribution >= 4 is 9.84 Å². The summed E-state index contributed by atoms with van der Waals surface area (Å²) in [5.41, 5.74) is -1.97. The van der Waals surface area contributed by atoms with Crippen molar-refractivity contribution in [1.29, 1.82) is 0 Å². The summed E-state index contributed by atoms with van der Waals surface area (Å²) in [7, 11) is -3.72. The molecule has 1 rings (SSSR count). The van der Waals surface area contributed by atoms with Gasteiger partial charge in [-0.15, -0.1) is 0 Å². The second-order valence-corrected chi connectivity index (χ2v) is 4.24. The minimum atomic E-state index is -3.72. The van der Waals surface area contributed by atoms with Crippen molar-refractivity contribution in [3.63, 3.8) is 0 Å². The molecule has 5 heteroatoms. The SMILES string of the molecule is O=S1(=O)CC(F)CC1F. The fourth-order valence-corrected chi connectivity index (χ4v) is 2.12. The summed E-state index contributed by atoms with van der Waals surface area (Å²) in [6.45, 7) is 0. The van der Waals surface area contributed by atoms with Gasteiger partial charge in [-0.2, -0.15) is 0 Å². The van der Waals surface area contributed by atoms with Crippen LogP contribution in [0.1, 0.15) is 6.42 Å². The Morgan fingerprint density at radius 2 is 1.89 bits per heavy atom. The molecule has 1 aliphatic heterocycles. The lowest BCUT2D eigenvalue weighted by Crippen LogP contribution is -2.09. The molecule has 0 saturated carbocycles. The van der Waals surface area contributed by atoms with Crippen LogP contribution in [0.4, 0.5) is 8.78 Å². The van der Waals surface area contributed by atoms with Gasteiger partial charge in [0.2, 0.25) is 5.50 Å². The van der Waals surface area contributed by atoms with E-state index in [0.29, 0.717) is 0 Å². The Morgan fingerprint density at radius 1 is 1.33 bits per heavy atom. The first kappa shape index (κ1) is 6.92. The van der Waals surface area contributed by atoms with E-state index >= 15 is 0 Å². The normalized spacial score (nSPS) is 41.1. The van der Waals surface area contributed by atoms with Crippen molar-refractivity contribution in [2.75, 3.05) is 5.75 Å². The van der Waals surface area contributed by atoms with Gasteiger partial charge in [-0.1, -0.05) is 0 Å². The summed E-state index contributed by atoms with van der Waals surface area (Å²) < 4.78 is 44.9. The van der Waals surface area contributed by atoms with Crippen LogP contribution in [0.3, 0.4) is 0 Å². The van der Waals surface area contributed by atoms with E-state index in [1.165, 1.54) is 0 Å². The van der Waals surface area contributed by atoms with Gasteiger partial charge in [0.05, 0.1) is 5.75 Å². The van der Waals surface area contributed by atoms with Crippen molar-refractivity contribution in [2.45, 2.75) is 18.1 Å². The van der Waals surface area contributed by atoms with Crippen LogP contribution >= 0.6 is 0 Å². The van der Waals surface area contributed by atoms with E-state index in [-0.39, 0.29) is 0 Å². The van der Waals surface area contributed by atoms with E-state index in [1.807, 2.05) is 0 Å². The average Bonchev–Trinajstić information content (AvgIpc) is 1.79. The first-order valence-electron chi connectivity index (χ1n) is 2.52. The molecule has 9 heavy (non-hydrogen) atoms. The summed E-state index contributed by atoms with van der Waals surface area (Å²) in [5.74, 6) is -0.645. The molecule has 2 atom stereocenters. The highest BCUT2D eigenvalue weighted by atomic mass is 32.2. The summed E-state index contributed by atoms with van der Waals surface area (Å²) in [5, 5.41) is 0. The topological polar surface area (TPSA) is 34.1 Å². The maximum Gasteiger partial charge on any atom is 0.203 e. The van der Waals surface area contributed by atoms with Gasteiger partial charge in [-0.3, -0.25) is 0 Å². The van der Waals surface area contributed by atoms with Gasteiger partial charge in [0.25, 0.3) is 0 Å². The Labute approximate surface area is 51.8 Å². The lowest BCUT2D eigenvalue weighted by atomic mass is 10.3. The number of halogens is 2. The van der Waals surface area contributed by atoms with Crippen LogP contribution in [0.5, 0.6) is 0 Å². The Bertz CT molecular complexity index is 199. The van der Waals surface area contributed by atoms with Crippen molar-refractivity contribution < 1.29 is 17.2 Å². The molecule has 0 aromatic rings. The molecule has 0 N–H and O–H groups in total. The van der Waals surface area contributed by atoms with Crippen LogP contribution in [0, 0.1) is 0 Å². The molecule has 0 bridgehead atoms. The van der Waals surface area contributed by atoms with Gasteiger partial charge < -0.3 is 0 Å². The van der Waals surface area contributed by atoms with Gasteiger partial charge in [0.1, 0.15) is 6.17 Å². The number of hydrogen-bond acceptors (Lipinski definition) is 2. The Morgan fingerprint density at radius 3 is 2.00 bits per heavy atom. The molecule has 0 spiro atoms. The van der Waals surface area contributed by atoms with E-state index in [1.54, 1.807) is 0 Å². The van der Waals surface area contributed by atoms with Crippen LogP contribution in [0.2, 0.25) is 0 Å². The van der Waals surface area contributed by atoms with E-state index in [0.717, 1.165) is 0 Å². The number of alkyl halides is 2. The summed E-state index contributed by atoms with van der Waals surface area (Å²) in [6.07, 6.45) is -1.98. The second-order valence-electron chi connectivity index (χ2n) is 2.07. The molecule has 1 heterocycles. The number of sulfone groups is 1. The van der Waals surface area contributed by atoms with Gasteiger partial charge in [0.15, 0.2) is 9.84 Å². The highest BCUT2D eigenvalue weighted by molar-refractivity contribution is 7.92.